The van der Waals surface area contributed by atoms with Crippen molar-refractivity contribution in [1.29, 1.82) is 0 Å². The van der Waals surface area contributed by atoms with E-state index in [2.05, 4.69) is 15.9 Å². The molecule has 0 aliphatic heterocycles. The fourth-order valence-corrected chi connectivity index (χ4v) is 1.40. The summed E-state index contributed by atoms with van der Waals surface area (Å²) in [6.45, 7) is 5.93. The molecule has 76 valence electrons. The van der Waals surface area contributed by atoms with Crippen molar-refractivity contribution in [1.82, 2.24) is 0 Å². The summed E-state index contributed by atoms with van der Waals surface area (Å²) in [6.07, 6.45) is 0.791. The van der Waals surface area contributed by atoms with Gasteiger partial charge in [0, 0.05) is 5.56 Å². The number of alkyl halides is 1. The molecule has 0 aromatic heterocycles. The van der Waals surface area contributed by atoms with E-state index in [1.165, 1.54) is 5.56 Å². The summed E-state index contributed by atoms with van der Waals surface area (Å²) in [6, 6.07) is 7.69. The number of Topliss-reactive ketones (excluding diaryl/α,β-unsaturated/α-hetero) is 1. The van der Waals surface area contributed by atoms with Gasteiger partial charge in [-0.15, -0.1) is 0 Å². The smallest absolute Gasteiger partial charge is 0.179 e. The van der Waals surface area contributed by atoms with Crippen molar-refractivity contribution in [2.75, 3.05) is 0 Å². The van der Waals surface area contributed by atoms with Crippen LogP contribution in [0.15, 0.2) is 24.3 Å². The third kappa shape index (κ3) is 2.44. The Morgan fingerprint density at radius 1 is 1.36 bits per heavy atom. The first-order chi connectivity index (χ1) is 6.47. The summed E-state index contributed by atoms with van der Waals surface area (Å²) in [7, 11) is 0. The van der Waals surface area contributed by atoms with E-state index in [9.17, 15) is 4.79 Å². The van der Waals surface area contributed by atoms with Gasteiger partial charge in [0.05, 0.1) is 4.32 Å². The van der Waals surface area contributed by atoms with Gasteiger partial charge >= 0.3 is 0 Å². The maximum absolute atomic E-state index is 12.0. The summed E-state index contributed by atoms with van der Waals surface area (Å²) in [5, 5.41) is 0. The minimum atomic E-state index is -0.428. The van der Waals surface area contributed by atoms with Gasteiger partial charge in [0.25, 0.3) is 0 Å². The Morgan fingerprint density at radius 3 is 2.29 bits per heavy atom. The van der Waals surface area contributed by atoms with Gasteiger partial charge in [-0.05, 0) is 20.3 Å². The normalized spacial score (nSPS) is 14.9. The molecule has 14 heavy (non-hydrogen) atoms. The maximum atomic E-state index is 12.0. The molecular formula is C12H15BrO. The molecule has 1 nitrogen and oxygen atoms in total. The van der Waals surface area contributed by atoms with Crippen molar-refractivity contribution in [3.8, 4) is 0 Å². The monoisotopic (exact) mass is 254 g/mol. The molecule has 1 aromatic rings. The summed E-state index contributed by atoms with van der Waals surface area (Å²) in [5.74, 6) is 0.153. The molecule has 0 spiro atoms. The van der Waals surface area contributed by atoms with Crippen LogP contribution in [0.4, 0.5) is 0 Å². The zero-order chi connectivity index (χ0) is 10.8. The van der Waals surface area contributed by atoms with E-state index in [1.54, 1.807) is 0 Å². The van der Waals surface area contributed by atoms with Crippen LogP contribution in [0.1, 0.15) is 36.2 Å². The van der Waals surface area contributed by atoms with Gasteiger partial charge in [0.15, 0.2) is 5.78 Å². The summed E-state index contributed by atoms with van der Waals surface area (Å²) in [5.41, 5.74) is 1.95. The SMILES string of the molecule is CCC(C)(Br)C(=O)c1ccc(C)cc1. The van der Waals surface area contributed by atoms with E-state index in [1.807, 2.05) is 45.0 Å². The molecule has 0 aliphatic carbocycles. The number of hydrogen-bond acceptors (Lipinski definition) is 1. The molecule has 1 rings (SSSR count). The lowest BCUT2D eigenvalue weighted by Gasteiger charge is -2.18. The minimum Gasteiger partial charge on any atom is -0.293 e. The molecule has 0 bridgehead atoms. The topological polar surface area (TPSA) is 17.1 Å². The number of halogens is 1. The lowest BCUT2D eigenvalue weighted by atomic mass is 9.96. The van der Waals surface area contributed by atoms with Gasteiger partial charge in [-0.3, -0.25) is 4.79 Å². The van der Waals surface area contributed by atoms with Crippen molar-refractivity contribution in [2.24, 2.45) is 0 Å². The number of benzene rings is 1. The number of rotatable bonds is 3. The third-order valence-electron chi connectivity index (χ3n) is 2.45. The van der Waals surface area contributed by atoms with Crippen LogP contribution < -0.4 is 0 Å². The molecule has 0 fully saturated rings. The summed E-state index contributed by atoms with van der Waals surface area (Å²) in [4.78, 5) is 12.0. The molecule has 0 radical (unpaired) electrons. The van der Waals surface area contributed by atoms with Gasteiger partial charge in [0.2, 0.25) is 0 Å². The Morgan fingerprint density at radius 2 is 1.86 bits per heavy atom. The van der Waals surface area contributed by atoms with Crippen LogP contribution in [-0.4, -0.2) is 10.1 Å². The second-order valence-corrected chi connectivity index (χ2v) is 5.50. The van der Waals surface area contributed by atoms with Crippen LogP contribution in [0.5, 0.6) is 0 Å². The molecule has 0 saturated heterocycles. The molecule has 0 amide bonds. The molecule has 0 aliphatic rings. The Labute approximate surface area is 93.7 Å². The Bertz CT molecular complexity index is 325. The average molecular weight is 255 g/mol. The van der Waals surface area contributed by atoms with Crippen LogP contribution in [-0.2, 0) is 0 Å². The number of aryl methyl sites for hydroxylation is 1. The highest BCUT2D eigenvalue weighted by Gasteiger charge is 2.28. The molecule has 0 heterocycles. The van der Waals surface area contributed by atoms with Gasteiger partial charge in [-0.25, -0.2) is 0 Å². The third-order valence-corrected chi connectivity index (χ3v) is 3.37. The standard InChI is InChI=1S/C12H15BrO/c1-4-12(3,13)11(14)10-7-5-9(2)6-8-10/h5-8H,4H2,1-3H3. The number of hydrogen-bond donors (Lipinski definition) is 0. The zero-order valence-corrected chi connectivity index (χ0v) is 10.4. The quantitative estimate of drug-likeness (QED) is 0.594. The van der Waals surface area contributed by atoms with Crippen LogP contribution in [0, 0.1) is 6.92 Å². The van der Waals surface area contributed by atoms with Crippen molar-refractivity contribution in [3.05, 3.63) is 35.4 Å². The maximum Gasteiger partial charge on any atom is 0.179 e. The van der Waals surface area contributed by atoms with Crippen molar-refractivity contribution < 1.29 is 4.79 Å². The van der Waals surface area contributed by atoms with Gasteiger partial charge in [0.1, 0.15) is 0 Å². The molecule has 0 saturated carbocycles. The predicted octanol–water partition coefficient (Wildman–Crippen LogP) is 3.74. The number of carbonyl (C=O) groups excluding carboxylic acids is 1. The Balaban J connectivity index is 2.96. The van der Waals surface area contributed by atoms with Crippen molar-refractivity contribution in [2.45, 2.75) is 31.5 Å². The van der Waals surface area contributed by atoms with Crippen molar-refractivity contribution in [3.63, 3.8) is 0 Å². The molecule has 1 aromatic carbocycles. The first-order valence-corrected chi connectivity index (χ1v) is 5.57. The second-order valence-electron chi connectivity index (χ2n) is 3.75. The fraction of sp³-hybridized carbons (Fsp3) is 0.417. The van der Waals surface area contributed by atoms with Crippen molar-refractivity contribution >= 4 is 21.7 Å². The molecular weight excluding hydrogens is 240 g/mol. The molecule has 1 atom stereocenters. The van der Waals surface area contributed by atoms with Crippen LogP contribution >= 0.6 is 15.9 Å². The predicted molar refractivity (Wildman–Crippen MR) is 63.1 cm³/mol. The first kappa shape index (κ1) is 11.4. The summed E-state index contributed by atoms with van der Waals surface area (Å²) >= 11 is 3.45. The van der Waals surface area contributed by atoms with E-state index >= 15 is 0 Å². The lowest BCUT2D eigenvalue weighted by molar-refractivity contribution is 0.0952. The molecule has 0 N–H and O–H groups in total. The highest BCUT2D eigenvalue weighted by Crippen LogP contribution is 2.26. The van der Waals surface area contributed by atoms with Gasteiger partial charge in [-0.2, -0.15) is 0 Å². The minimum absolute atomic E-state index is 0.153. The van der Waals surface area contributed by atoms with Crippen LogP contribution in [0.25, 0.3) is 0 Å². The highest BCUT2D eigenvalue weighted by molar-refractivity contribution is 9.10. The highest BCUT2D eigenvalue weighted by atomic mass is 79.9. The van der Waals surface area contributed by atoms with Crippen LogP contribution in [0.3, 0.4) is 0 Å². The van der Waals surface area contributed by atoms with E-state index < -0.39 is 4.32 Å². The second kappa shape index (κ2) is 4.26. The van der Waals surface area contributed by atoms with Gasteiger partial charge < -0.3 is 0 Å². The summed E-state index contributed by atoms with van der Waals surface area (Å²) < 4.78 is -0.428. The van der Waals surface area contributed by atoms with E-state index in [4.69, 9.17) is 0 Å². The van der Waals surface area contributed by atoms with E-state index in [-0.39, 0.29) is 5.78 Å². The van der Waals surface area contributed by atoms with E-state index in [0.717, 1.165) is 12.0 Å². The number of ketones is 1. The molecule has 1 unspecified atom stereocenters. The van der Waals surface area contributed by atoms with E-state index in [0.29, 0.717) is 0 Å². The average Bonchev–Trinajstić information content (AvgIpc) is 2.18. The lowest BCUT2D eigenvalue weighted by Crippen LogP contribution is -2.27. The van der Waals surface area contributed by atoms with Crippen LogP contribution in [0.2, 0.25) is 0 Å². The Kier molecular flexibility index (Phi) is 3.48. The fourth-order valence-electron chi connectivity index (χ4n) is 1.17. The Hall–Kier alpha value is -0.630. The molecule has 2 heteroatoms. The first-order valence-electron chi connectivity index (χ1n) is 4.78. The van der Waals surface area contributed by atoms with Gasteiger partial charge in [-0.1, -0.05) is 52.7 Å². The zero-order valence-electron chi connectivity index (χ0n) is 8.80. The number of carbonyl (C=O) groups is 1. The largest absolute Gasteiger partial charge is 0.293 e.